The molecule has 72 valence electrons. The average Bonchev–Trinajstić information content (AvgIpc) is 2.75. The van der Waals surface area contributed by atoms with Crippen molar-refractivity contribution in [3.05, 3.63) is 34.5 Å². The van der Waals surface area contributed by atoms with E-state index in [1.807, 2.05) is 0 Å². The van der Waals surface area contributed by atoms with Crippen molar-refractivity contribution in [1.82, 2.24) is 14.8 Å². The summed E-state index contributed by atoms with van der Waals surface area (Å²) in [7, 11) is 0. The van der Waals surface area contributed by atoms with Crippen LogP contribution < -0.4 is 0 Å². The van der Waals surface area contributed by atoms with E-state index in [1.54, 1.807) is 11.7 Å². The smallest absolute Gasteiger partial charge is 0.354 e. The summed E-state index contributed by atoms with van der Waals surface area (Å²) < 4.78 is 1.44. The van der Waals surface area contributed by atoms with E-state index in [4.69, 9.17) is 5.11 Å². The molecule has 2 rings (SSSR count). The molecule has 0 aliphatic rings. The Morgan fingerprint density at radius 3 is 3.14 bits per heavy atom. The van der Waals surface area contributed by atoms with Crippen molar-refractivity contribution in [2.75, 3.05) is 0 Å². The first-order valence-corrected chi connectivity index (χ1v) is 4.78. The molecule has 0 fully saturated rings. The maximum absolute atomic E-state index is 10.7. The summed E-state index contributed by atoms with van der Waals surface area (Å²) in [5.41, 5.74) is 1.90. The van der Waals surface area contributed by atoms with E-state index >= 15 is 0 Å². The van der Waals surface area contributed by atoms with Gasteiger partial charge in [-0.2, -0.15) is 5.10 Å². The molecule has 2 aromatic heterocycles. The highest BCUT2D eigenvalue weighted by atomic mass is 32.1. The van der Waals surface area contributed by atoms with E-state index < -0.39 is 5.97 Å². The standard InChI is InChI=1S/C8H7N3O2S/c12-8(13)7-1-2-10-11(7)4-6-3-9-5-14-6/h1-3,5H,4H2,(H,12,13). The second kappa shape index (κ2) is 3.59. The lowest BCUT2D eigenvalue weighted by molar-refractivity contribution is 0.0684. The first-order valence-electron chi connectivity index (χ1n) is 3.90. The molecule has 0 saturated heterocycles. The van der Waals surface area contributed by atoms with Crippen LogP contribution in [0.25, 0.3) is 0 Å². The molecule has 0 spiro atoms. The molecule has 0 unspecified atom stereocenters. The molecule has 2 aromatic rings. The maximum atomic E-state index is 10.7. The van der Waals surface area contributed by atoms with Gasteiger partial charge in [0.05, 0.1) is 12.1 Å². The van der Waals surface area contributed by atoms with Gasteiger partial charge in [-0.15, -0.1) is 11.3 Å². The molecule has 0 aromatic carbocycles. The summed E-state index contributed by atoms with van der Waals surface area (Å²) in [4.78, 5) is 15.6. The van der Waals surface area contributed by atoms with Crippen LogP contribution in [-0.4, -0.2) is 25.8 Å². The van der Waals surface area contributed by atoms with Gasteiger partial charge in [0.2, 0.25) is 0 Å². The quantitative estimate of drug-likeness (QED) is 0.821. The SMILES string of the molecule is O=C(O)c1ccnn1Cc1cncs1. The van der Waals surface area contributed by atoms with Gasteiger partial charge in [0.25, 0.3) is 0 Å². The van der Waals surface area contributed by atoms with Gasteiger partial charge < -0.3 is 5.11 Å². The Bertz CT molecular complexity index is 435. The van der Waals surface area contributed by atoms with Crippen LogP contribution in [0, 0.1) is 0 Å². The van der Waals surface area contributed by atoms with Gasteiger partial charge in [-0.3, -0.25) is 9.67 Å². The van der Waals surface area contributed by atoms with E-state index in [1.165, 1.54) is 28.3 Å². The number of nitrogens with zero attached hydrogens (tertiary/aromatic N) is 3. The molecular formula is C8H7N3O2S. The Morgan fingerprint density at radius 2 is 2.50 bits per heavy atom. The second-order valence-electron chi connectivity index (χ2n) is 2.65. The molecule has 0 atom stereocenters. The zero-order chi connectivity index (χ0) is 9.97. The van der Waals surface area contributed by atoms with E-state index in [0.29, 0.717) is 6.54 Å². The Balaban J connectivity index is 2.25. The van der Waals surface area contributed by atoms with Gasteiger partial charge >= 0.3 is 5.97 Å². The highest BCUT2D eigenvalue weighted by molar-refractivity contribution is 7.09. The van der Waals surface area contributed by atoms with Crippen LogP contribution in [0.2, 0.25) is 0 Å². The summed E-state index contributed by atoms with van der Waals surface area (Å²) in [6, 6.07) is 1.48. The van der Waals surface area contributed by atoms with E-state index in [9.17, 15) is 4.79 Å². The van der Waals surface area contributed by atoms with Crippen molar-refractivity contribution in [2.45, 2.75) is 6.54 Å². The van der Waals surface area contributed by atoms with Crippen molar-refractivity contribution >= 4 is 17.3 Å². The normalized spacial score (nSPS) is 10.3. The molecule has 0 aliphatic carbocycles. The zero-order valence-electron chi connectivity index (χ0n) is 7.12. The summed E-state index contributed by atoms with van der Waals surface area (Å²) in [6.07, 6.45) is 3.18. The third-order valence-corrected chi connectivity index (χ3v) is 2.49. The molecule has 0 amide bonds. The second-order valence-corrected chi connectivity index (χ2v) is 3.62. The van der Waals surface area contributed by atoms with Crippen molar-refractivity contribution < 1.29 is 9.90 Å². The van der Waals surface area contributed by atoms with Gasteiger partial charge in [0, 0.05) is 17.3 Å². The number of hydrogen-bond donors (Lipinski definition) is 1. The molecule has 2 heterocycles. The molecular weight excluding hydrogens is 202 g/mol. The van der Waals surface area contributed by atoms with Gasteiger partial charge in [0.1, 0.15) is 5.69 Å². The lowest BCUT2D eigenvalue weighted by Gasteiger charge is -2.00. The minimum Gasteiger partial charge on any atom is -0.477 e. The summed E-state index contributed by atoms with van der Waals surface area (Å²) in [5, 5.41) is 12.7. The van der Waals surface area contributed by atoms with Gasteiger partial charge in [-0.1, -0.05) is 0 Å². The fraction of sp³-hybridized carbons (Fsp3) is 0.125. The Kier molecular flexibility index (Phi) is 2.28. The fourth-order valence-electron chi connectivity index (χ4n) is 1.11. The third kappa shape index (κ3) is 1.64. The summed E-state index contributed by atoms with van der Waals surface area (Å²) >= 11 is 1.48. The predicted molar refractivity (Wildman–Crippen MR) is 50.4 cm³/mol. The molecule has 0 bridgehead atoms. The zero-order valence-corrected chi connectivity index (χ0v) is 7.94. The minimum atomic E-state index is -0.966. The molecule has 1 N–H and O–H groups in total. The Hall–Kier alpha value is -1.69. The number of carboxylic acids is 1. The van der Waals surface area contributed by atoms with Gasteiger partial charge in [-0.05, 0) is 6.07 Å². The molecule has 14 heavy (non-hydrogen) atoms. The van der Waals surface area contributed by atoms with Crippen molar-refractivity contribution in [1.29, 1.82) is 0 Å². The fourth-order valence-corrected chi connectivity index (χ4v) is 1.68. The van der Waals surface area contributed by atoms with Gasteiger partial charge in [-0.25, -0.2) is 4.79 Å². The molecule has 5 nitrogen and oxygen atoms in total. The predicted octanol–water partition coefficient (Wildman–Crippen LogP) is 1.09. The minimum absolute atomic E-state index is 0.193. The first kappa shape index (κ1) is 8.89. The van der Waals surface area contributed by atoms with E-state index in [0.717, 1.165) is 4.88 Å². The van der Waals surface area contributed by atoms with Crippen LogP contribution in [0.15, 0.2) is 24.0 Å². The maximum Gasteiger partial charge on any atom is 0.354 e. The topological polar surface area (TPSA) is 68.0 Å². The summed E-state index contributed by atoms with van der Waals surface area (Å²) in [6.45, 7) is 0.458. The average molecular weight is 209 g/mol. The van der Waals surface area contributed by atoms with Crippen LogP contribution in [0.1, 0.15) is 15.4 Å². The van der Waals surface area contributed by atoms with Crippen LogP contribution in [-0.2, 0) is 6.54 Å². The lowest BCUT2D eigenvalue weighted by Crippen LogP contribution is -2.09. The van der Waals surface area contributed by atoms with Crippen LogP contribution in [0.4, 0.5) is 0 Å². The van der Waals surface area contributed by atoms with Crippen LogP contribution in [0.5, 0.6) is 0 Å². The number of hydrogen-bond acceptors (Lipinski definition) is 4. The van der Waals surface area contributed by atoms with Crippen molar-refractivity contribution in [3.8, 4) is 0 Å². The number of carboxylic acid groups (broad SMARTS) is 1. The molecule has 0 aliphatic heterocycles. The molecule has 0 radical (unpaired) electrons. The molecule has 6 heteroatoms. The van der Waals surface area contributed by atoms with Crippen LogP contribution >= 0.6 is 11.3 Å². The van der Waals surface area contributed by atoms with E-state index in [-0.39, 0.29) is 5.69 Å². The highest BCUT2D eigenvalue weighted by Crippen LogP contribution is 2.09. The number of carbonyl (C=O) groups is 1. The number of aromatic carboxylic acids is 1. The monoisotopic (exact) mass is 209 g/mol. The lowest BCUT2D eigenvalue weighted by atomic mass is 10.4. The van der Waals surface area contributed by atoms with Crippen LogP contribution in [0.3, 0.4) is 0 Å². The van der Waals surface area contributed by atoms with E-state index in [2.05, 4.69) is 10.1 Å². The number of aromatic nitrogens is 3. The largest absolute Gasteiger partial charge is 0.477 e. The Labute approximate surface area is 83.6 Å². The number of rotatable bonds is 3. The van der Waals surface area contributed by atoms with Gasteiger partial charge in [0.15, 0.2) is 0 Å². The summed E-state index contributed by atoms with van der Waals surface area (Å²) in [5.74, 6) is -0.966. The third-order valence-electron chi connectivity index (χ3n) is 1.72. The molecule has 0 saturated carbocycles. The van der Waals surface area contributed by atoms with Crippen molar-refractivity contribution in [2.24, 2.45) is 0 Å². The highest BCUT2D eigenvalue weighted by Gasteiger charge is 2.10. The van der Waals surface area contributed by atoms with Crippen molar-refractivity contribution in [3.63, 3.8) is 0 Å². The number of thiazole rings is 1. The first-order chi connectivity index (χ1) is 6.77. The Morgan fingerprint density at radius 1 is 1.64 bits per heavy atom.